The normalized spacial score (nSPS) is 10.7. The zero-order valence-corrected chi connectivity index (χ0v) is 43.2. The fraction of sp³-hybridized carbons (Fsp3) is 0.370. The number of carbonyl (C=O) groups is 10. The van der Waals surface area contributed by atoms with Gasteiger partial charge in [-0.15, -0.1) is 0 Å². The highest BCUT2D eigenvalue weighted by Gasteiger charge is 2.19. The van der Waals surface area contributed by atoms with Crippen molar-refractivity contribution in [3.05, 3.63) is 115 Å². The zero-order chi connectivity index (χ0) is 50.7. The van der Waals surface area contributed by atoms with Crippen LogP contribution in [0, 0.1) is 7.14 Å². The van der Waals surface area contributed by atoms with Crippen LogP contribution in [-0.2, 0) is 38.4 Å². The lowest BCUT2D eigenvalue weighted by Crippen LogP contribution is -2.14. The molecule has 4 rings (SSSR count). The van der Waals surface area contributed by atoms with Gasteiger partial charge in [0.25, 0.3) is 0 Å². The zero-order valence-electron chi connectivity index (χ0n) is 38.9. The number of ketones is 10. The van der Waals surface area contributed by atoms with Crippen LogP contribution in [0.15, 0.2) is 97.1 Å². The van der Waals surface area contributed by atoms with Crippen LogP contribution in [0.5, 0.6) is 23.0 Å². The third kappa shape index (κ3) is 23.2. The average Bonchev–Trinajstić information content (AvgIpc) is 3.36. The number of rotatable bonds is 37. The first-order chi connectivity index (χ1) is 33.6. The van der Waals surface area contributed by atoms with Gasteiger partial charge in [-0.3, -0.25) is 47.9 Å². The summed E-state index contributed by atoms with van der Waals surface area (Å²) in [5.41, 5.74) is 0.263. The molecule has 370 valence electrons. The minimum Gasteiger partial charge on any atom is -0.493 e. The van der Waals surface area contributed by atoms with Gasteiger partial charge in [-0.05, 0) is 142 Å². The summed E-state index contributed by atoms with van der Waals surface area (Å²) in [7, 11) is 0. The summed E-state index contributed by atoms with van der Waals surface area (Å²) in [5, 5.41) is 0. The average molecular weight is 1180 g/mol. The molecule has 0 atom stereocenters. The molecular formula is C54H56I2O14. The topological polar surface area (TPSA) is 208 Å². The minimum atomic E-state index is -0.745. The van der Waals surface area contributed by atoms with Crippen LogP contribution < -0.4 is 18.9 Å². The Morgan fingerprint density at radius 1 is 0.257 bits per heavy atom. The van der Waals surface area contributed by atoms with Crippen LogP contribution in [0.4, 0.5) is 0 Å². The molecule has 0 amide bonds. The monoisotopic (exact) mass is 1180 g/mol. The molecule has 0 saturated carbocycles. The van der Waals surface area contributed by atoms with Gasteiger partial charge in [0.1, 0.15) is 69.3 Å². The SMILES string of the molecule is O=C(CCOc1ccc(I)cc1)CCC(=O)CCC(=O)CCC(=O)CCOc1ccc(C(=O)C(=O)c2ccc(OCCC(=O)CCC(=O)CCC(=O)CCC(=O)CCOc3ccc(I)cc3)cc2)cc1. The van der Waals surface area contributed by atoms with Crippen LogP contribution in [0.1, 0.15) is 123 Å². The second-order valence-corrected chi connectivity index (χ2v) is 18.8. The van der Waals surface area contributed by atoms with Crippen LogP contribution in [-0.4, -0.2) is 84.3 Å². The van der Waals surface area contributed by atoms with Gasteiger partial charge in [0.15, 0.2) is 0 Å². The van der Waals surface area contributed by atoms with Gasteiger partial charge < -0.3 is 18.9 Å². The van der Waals surface area contributed by atoms with E-state index in [1.807, 2.05) is 48.5 Å². The molecule has 16 heteroatoms. The van der Waals surface area contributed by atoms with Gasteiger partial charge in [-0.1, -0.05) is 0 Å². The van der Waals surface area contributed by atoms with Crippen molar-refractivity contribution in [1.82, 2.24) is 0 Å². The van der Waals surface area contributed by atoms with E-state index in [0.717, 1.165) is 7.14 Å². The Bertz CT molecular complexity index is 2260. The molecule has 0 bridgehead atoms. The van der Waals surface area contributed by atoms with Crippen LogP contribution in [0.3, 0.4) is 0 Å². The van der Waals surface area contributed by atoms with Crippen molar-refractivity contribution in [2.45, 2.75) is 103 Å². The number of ether oxygens (including phenoxy) is 4. The van der Waals surface area contributed by atoms with Crippen molar-refractivity contribution < 1.29 is 66.9 Å². The van der Waals surface area contributed by atoms with E-state index in [1.54, 1.807) is 0 Å². The van der Waals surface area contributed by atoms with Crippen LogP contribution in [0.2, 0.25) is 0 Å². The maximum absolute atomic E-state index is 12.9. The molecule has 0 unspecified atom stereocenters. The molecule has 4 aromatic carbocycles. The lowest BCUT2D eigenvalue weighted by molar-refractivity contribution is -0.127. The van der Waals surface area contributed by atoms with Gasteiger partial charge in [0.05, 0.1) is 26.4 Å². The van der Waals surface area contributed by atoms with E-state index in [4.69, 9.17) is 18.9 Å². The fourth-order valence-corrected chi connectivity index (χ4v) is 7.25. The standard InChI is InChI=1S/C54H56I2O14/c55-39-5-25-51(26-6-39)69-35-31-47(63)19-15-43(59)11-9-41(57)13-17-45(61)29-33-67-49-21-1-37(2-22-49)53(65)54(66)38-3-23-50(24-4-38)68-34-30-46(62)18-14-42(58)10-12-44(60)16-20-48(64)32-36-70-52-27-7-40(56)8-28-52/h1-8,21-28H,9-20,29-36H2. The summed E-state index contributed by atoms with van der Waals surface area (Å²) in [6.07, 6.45) is 0.816. The molecule has 0 aliphatic carbocycles. The van der Waals surface area contributed by atoms with Crippen LogP contribution >= 0.6 is 45.2 Å². The molecule has 0 N–H and O–H groups in total. The predicted octanol–water partition coefficient (Wildman–Crippen LogP) is 9.67. The maximum atomic E-state index is 12.9. The highest BCUT2D eigenvalue weighted by molar-refractivity contribution is 14.1. The largest absolute Gasteiger partial charge is 0.493 e. The maximum Gasteiger partial charge on any atom is 0.233 e. The summed E-state index contributed by atoms with van der Waals surface area (Å²) < 4.78 is 24.5. The Morgan fingerprint density at radius 3 is 0.629 bits per heavy atom. The van der Waals surface area contributed by atoms with E-state index in [9.17, 15) is 47.9 Å². The van der Waals surface area contributed by atoms with Crippen molar-refractivity contribution >= 4 is 103 Å². The van der Waals surface area contributed by atoms with E-state index in [2.05, 4.69) is 45.2 Å². The van der Waals surface area contributed by atoms with Crippen molar-refractivity contribution in [3.8, 4) is 23.0 Å². The first-order valence-corrected chi connectivity index (χ1v) is 25.2. The van der Waals surface area contributed by atoms with Crippen molar-refractivity contribution in [1.29, 1.82) is 0 Å². The third-order valence-corrected chi connectivity index (χ3v) is 12.2. The predicted molar refractivity (Wildman–Crippen MR) is 276 cm³/mol. The first-order valence-electron chi connectivity index (χ1n) is 23.1. The van der Waals surface area contributed by atoms with E-state index in [0.29, 0.717) is 23.0 Å². The molecule has 0 heterocycles. The molecule has 0 spiro atoms. The molecule has 14 nitrogen and oxygen atoms in total. The Kier molecular flexibility index (Phi) is 25.5. The number of hydrogen-bond donors (Lipinski definition) is 0. The van der Waals surface area contributed by atoms with Gasteiger partial charge >= 0.3 is 0 Å². The number of carbonyl (C=O) groups excluding carboxylic acids is 10. The Hall–Kier alpha value is -5.76. The van der Waals surface area contributed by atoms with Gasteiger partial charge in [0.2, 0.25) is 11.6 Å². The third-order valence-electron chi connectivity index (χ3n) is 10.8. The second kappa shape index (κ2) is 31.5. The van der Waals surface area contributed by atoms with E-state index in [1.165, 1.54) is 48.5 Å². The van der Waals surface area contributed by atoms with Gasteiger partial charge in [-0.2, -0.15) is 0 Å². The Labute approximate surface area is 434 Å². The molecule has 70 heavy (non-hydrogen) atoms. The molecule has 0 radical (unpaired) electrons. The summed E-state index contributed by atoms with van der Waals surface area (Å²) in [4.78, 5) is 124. The van der Waals surface area contributed by atoms with Crippen molar-refractivity contribution in [2.75, 3.05) is 26.4 Å². The highest BCUT2D eigenvalue weighted by Crippen LogP contribution is 2.19. The number of benzene rings is 4. The first kappa shape index (κ1) is 56.8. The van der Waals surface area contributed by atoms with E-state index in [-0.39, 0.29) is 187 Å². The summed E-state index contributed by atoms with van der Waals surface area (Å²) in [6.45, 7) is 0.511. The van der Waals surface area contributed by atoms with Crippen molar-refractivity contribution in [3.63, 3.8) is 0 Å². The highest BCUT2D eigenvalue weighted by atomic mass is 127. The molecule has 0 aliphatic heterocycles. The lowest BCUT2D eigenvalue weighted by atomic mass is 10.0. The number of Topliss-reactive ketones (excluding diaryl/α,β-unsaturated/α-hetero) is 10. The minimum absolute atomic E-state index is 0.00194. The van der Waals surface area contributed by atoms with Gasteiger partial charge in [0, 0.05) is 121 Å². The van der Waals surface area contributed by atoms with Crippen LogP contribution in [0.25, 0.3) is 0 Å². The lowest BCUT2D eigenvalue weighted by Gasteiger charge is -2.08. The van der Waals surface area contributed by atoms with E-state index >= 15 is 0 Å². The molecule has 0 aromatic heterocycles. The molecule has 0 aliphatic rings. The van der Waals surface area contributed by atoms with Gasteiger partial charge in [-0.25, -0.2) is 0 Å². The fourth-order valence-electron chi connectivity index (χ4n) is 6.53. The Morgan fingerprint density at radius 2 is 0.429 bits per heavy atom. The quantitative estimate of drug-likeness (QED) is 0.0234. The Balaban J connectivity index is 1.01. The number of hydrogen-bond acceptors (Lipinski definition) is 14. The molecule has 0 fully saturated rings. The summed E-state index contributed by atoms with van der Waals surface area (Å²) in [6, 6.07) is 26.7. The smallest absolute Gasteiger partial charge is 0.233 e. The van der Waals surface area contributed by atoms with Crippen molar-refractivity contribution in [2.24, 2.45) is 0 Å². The number of halogens is 2. The summed E-state index contributed by atoms with van der Waals surface area (Å²) in [5.74, 6) is -0.760. The molecule has 0 saturated heterocycles. The van der Waals surface area contributed by atoms with E-state index < -0.39 is 11.6 Å². The molecule has 4 aromatic rings. The second-order valence-electron chi connectivity index (χ2n) is 16.3. The molecular weight excluding hydrogens is 1130 g/mol. The summed E-state index contributed by atoms with van der Waals surface area (Å²) >= 11 is 4.37.